The first kappa shape index (κ1) is 15.7. The number of amides is 1. The number of methoxy groups -OCH3 is 1. The fourth-order valence-electron chi connectivity index (χ4n) is 2.19. The van der Waals surface area contributed by atoms with Gasteiger partial charge in [-0.2, -0.15) is 0 Å². The van der Waals surface area contributed by atoms with Crippen LogP contribution in [0.1, 0.15) is 32.6 Å². The van der Waals surface area contributed by atoms with Gasteiger partial charge in [-0.1, -0.05) is 13.0 Å². The average molecular weight is 268 g/mol. The van der Waals surface area contributed by atoms with Gasteiger partial charge in [0.25, 0.3) is 0 Å². The summed E-state index contributed by atoms with van der Waals surface area (Å²) in [4.78, 5) is 27.0. The summed E-state index contributed by atoms with van der Waals surface area (Å²) in [6.45, 7) is 3.17. The van der Waals surface area contributed by atoms with E-state index in [0.29, 0.717) is 6.54 Å². The van der Waals surface area contributed by atoms with Crippen molar-refractivity contribution in [3.63, 3.8) is 0 Å². The molecule has 0 aromatic rings. The number of likely N-dealkylation sites (N-methyl/N-ethyl adjacent to an activating group) is 1. The Morgan fingerprint density at radius 2 is 2.11 bits per heavy atom. The SMILES string of the molecule is CCCN(CC(=O)OC)CC(=O)N(C)C1=CCCC1. The maximum absolute atomic E-state index is 12.2. The van der Waals surface area contributed by atoms with Crippen LogP contribution in [-0.2, 0) is 14.3 Å². The Morgan fingerprint density at radius 1 is 1.37 bits per heavy atom. The molecule has 1 aliphatic rings. The van der Waals surface area contributed by atoms with Gasteiger partial charge in [-0.15, -0.1) is 0 Å². The van der Waals surface area contributed by atoms with Crippen molar-refractivity contribution in [2.45, 2.75) is 32.6 Å². The fraction of sp³-hybridized carbons (Fsp3) is 0.714. The standard InChI is InChI=1S/C14H24N2O3/c1-4-9-16(11-14(18)19-3)10-13(17)15(2)12-7-5-6-8-12/h7H,4-6,8-11H2,1-3H3. The van der Waals surface area contributed by atoms with Gasteiger partial charge >= 0.3 is 5.97 Å². The van der Waals surface area contributed by atoms with Crippen molar-refractivity contribution in [1.82, 2.24) is 9.80 Å². The zero-order valence-electron chi connectivity index (χ0n) is 12.1. The van der Waals surface area contributed by atoms with E-state index in [1.54, 1.807) is 4.90 Å². The summed E-state index contributed by atoms with van der Waals surface area (Å²) < 4.78 is 4.65. The predicted octanol–water partition coefficient (Wildman–Crippen LogP) is 1.40. The maximum Gasteiger partial charge on any atom is 0.319 e. The van der Waals surface area contributed by atoms with E-state index >= 15 is 0 Å². The molecule has 1 amide bonds. The Bertz CT molecular complexity index is 353. The van der Waals surface area contributed by atoms with E-state index in [0.717, 1.165) is 31.4 Å². The number of rotatable bonds is 7. The molecule has 5 heteroatoms. The number of nitrogens with zero attached hydrogens (tertiary/aromatic N) is 2. The minimum atomic E-state index is -0.302. The molecule has 0 saturated heterocycles. The Morgan fingerprint density at radius 3 is 2.63 bits per heavy atom. The van der Waals surface area contributed by atoms with Crippen molar-refractivity contribution in [2.24, 2.45) is 0 Å². The summed E-state index contributed by atoms with van der Waals surface area (Å²) in [7, 11) is 3.17. The molecular weight excluding hydrogens is 244 g/mol. The first-order valence-electron chi connectivity index (χ1n) is 6.83. The van der Waals surface area contributed by atoms with Crippen molar-refractivity contribution in [1.29, 1.82) is 0 Å². The van der Waals surface area contributed by atoms with Crippen molar-refractivity contribution < 1.29 is 14.3 Å². The molecule has 0 aliphatic heterocycles. The molecule has 1 aliphatic carbocycles. The molecule has 0 heterocycles. The minimum absolute atomic E-state index is 0.0329. The van der Waals surface area contributed by atoms with E-state index in [2.05, 4.69) is 10.8 Å². The molecule has 0 spiro atoms. The molecule has 1 rings (SSSR count). The van der Waals surface area contributed by atoms with Crippen LogP contribution >= 0.6 is 0 Å². The fourth-order valence-corrected chi connectivity index (χ4v) is 2.19. The van der Waals surface area contributed by atoms with E-state index in [4.69, 9.17) is 0 Å². The normalized spacial score (nSPS) is 14.4. The second-order valence-corrected chi connectivity index (χ2v) is 4.83. The van der Waals surface area contributed by atoms with E-state index in [1.807, 2.05) is 18.9 Å². The van der Waals surface area contributed by atoms with Gasteiger partial charge in [-0.05, 0) is 32.2 Å². The second kappa shape index (κ2) is 7.94. The zero-order chi connectivity index (χ0) is 14.3. The lowest BCUT2D eigenvalue weighted by Gasteiger charge is -2.24. The first-order valence-corrected chi connectivity index (χ1v) is 6.83. The molecule has 0 bridgehead atoms. The van der Waals surface area contributed by atoms with Crippen LogP contribution in [0.25, 0.3) is 0 Å². The Hall–Kier alpha value is -1.36. The van der Waals surface area contributed by atoms with Gasteiger partial charge < -0.3 is 9.64 Å². The Kier molecular flexibility index (Phi) is 6.56. The predicted molar refractivity (Wildman–Crippen MR) is 73.5 cm³/mol. The lowest BCUT2D eigenvalue weighted by molar-refractivity contribution is -0.142. The van der Waals surface area contributed by atoms with Crippen LogP contribution < -0.4 is 0 Å². The van der Waals surface area contributed by atoms with Crippen LogP contribution in [0.15, 0.2) is 11.8 Å². The lowest BCUT2D eigenvalue weighted by atomic mass is 10.3. The van der Waals surface area contributed by atoms with Crippen LogP contribution in [-0.4, -0.2) is 55.5 Å². The molecular formula is C14H24N2O3. The molecule has 0 aromatic heterocycles. The van der Waals surface area contributed by atoms with Crippen LogP contribution in [0, 0.1) is 0 Å². The number of hydrogen-bond acceptors (Lipinski definition) is 4. The monoisotopic (exact) mass is 268 g/mol. The first-order chi connectivity index (χ1) is 9.08. The quantitative estimate of drug-likeness (QED) is 0.655. The number of carbonyl (C=O) groups is 2. The maximum atomic E-state index is 12.2. The van der Waals surface area contributed by atoms with Gasteiger partial charge in [-0.25, -0.2) is 0 Å². The highest BCUT2D eigenvalue weighted by Gasteiger charge is 2.20. The zero-order valence-corrected chi connectivity index (χ0v) is 12.1. The van der Waals surface area contributed by atoms with E-state index < -0.39 is 0 Å². The third-order valence-electron chi connectivity index (χ3n) is 3.30. The molecule has 0 fully saturated rings. The third-order valence-corrected chi connectivity index (χ3v) is 3.30. The van der Waals surface area contributed by atoms with Crippen LogP contribution in [0.5, 0.6) is 0 Å². The molecule has 0 aromatic carbocycles. The summed E-state index contributed by atoms with van der Waals surface area (Å²) in [5, 5.41) is 0. The van der Waals surface area contributed by atoms with E-state index in [-0.39, 0.29) is 25.0 Å². The number of ether oxygens (including phenoxy) is 1. The van der Waals surface area contributed by atoms with Gasteiger partial charge in [-0.3, -0.25) is 14.5 Å². The number of allylic oxidation sites excluding steroid dienone is 2. The molecule has 0 N–H and O–H groups in total. The molecule has 0 atom stereocenters. The highest BCUT2D eigenvalue weighted by atomic mass is 16.5. The summed E-state index contributed by atoms with van der Waals surface area (Å²) in [5.41, 5.74) is 1.10. The molecule has 19 heavy (non-hydrogen) atoms. The molecule has 0 unspecified atom stereocenters. The third kappa shape index (κ3) is 5.03. The van der Waals surface area contributed by atoms with Crippen molar-refractivity contribution in [3.05, 3.63) is 11.8 Å². The highest BCUT2D eigenvalue weighted by molar-refractivity contribution is 5.80. The number of hydrogen-bond donors (Lipinski definition) is 0. The van der Waals surface area contributed by atoms with Crippen LogP contribution in [0.3, 0.4) is 0 Å². The summed E-state index contributed by atoms with van der Waals surface area (Å²) in [6, 6.07) is 0. The van der Waals surface area contributed by atoms with Crippen LogP contribution in [0.2, 0.25) is 0 Å². The smallest absolute Gasteiger partial charge is 0.319 e. The Labute approximate surface area is 115 Å². The number of esters is 1. The van der Waals surface area contributed by atoms with Gasteiger partial charge in [0.2, 0.25) is 5.91 Å². The summed E-state index contributed by atoms with van der Waals surface area (Å²) in [6.07, 6.45) is 6.15. The van der Waals surface area contributed by atoms with E-state index in [9.17, 15) is 9.59 Å². The average Bonchev–Trinajstić information content (AvgIpc) is 2.91. The van der Waals surface area contributed by atoms with Gasteiger partial charge in [0.05, 0.1) is 20.2 Å². The highest BCUT2D eigenvalue weighted by Crippen LogP contribution is 2.20. The van der Waals surface area contributed by atoms with Gasteiger partial charge in [0.15, 0.2) is 0 Å². The lowest BCUT2D eigenvalue weighted by Crippen LogP contribution is -2.40. The molecule has 0 radical (unpaired) electrons. The van der Waals surface area contributed by atoms with Gasteiger partial charge in [0.1, 0.15) is 0 Å². The second-order valence-electron chi connectivity index (χ2n) is 4.83. The largest absolute Gasteiger partial charge is 0.468 e. The van der Waals surface area contributed by atoms with E-state index in [1.165, 1.54) is 7.11 Å². The molecule has 108 valence electrons. The minimum Gasteiger partial charge on any atom is -0.468 e. The van der Waals surface area contributed by atoms with Gasteiger partial charge in [0, 0.05) is 12.7 Å². The summed E-state index contributed by atoms with van der Waals surface area (Å²) >= 11 is 0. The van der Waals surface area contributed by atoms with Crippen LogP contribution in [0.4, 0.5) is 0 Å². The Balaban J connectivity index is 2.52. The topological polar surface area (TPSA) is 49.9 Å². The number of carbonyl (C=O) groups excluding carboxylic acids is 2. The molecule has 0 saturated carbocycles. The summed E-state index contributed by atoms with van der Waals surface area (Å²) in [5.74, 6) is -0.269. The molecule has 5 nitrogen and oxygen atoms in total. The van der Waals surface area contributed by atoms with Crippen molar-refractivity contribution >= 4 is 11.9 Å². The van der Waals surface area contributed by atoms with Crippen molar-refractivity contribution in [3.8, 4) is 0 Å². The van der Waals surface area contributed by atoms with Crippen molar-refractivity contribution in [2.75, 3.05) is 33.8 Å².